The molecule has 0 aromatic heterocycles. The third kappa shape index (κ3) is 6.30. The van der Waals surface area contributed by atoms with Gasteiger partial charge in [0, 0.05) is 0 Å². The molecular weight excluding hydrogens is 218 g/mol. The van der Waals surface area contributed by atoms with Crippen LogP contribution in [0.3, 0.4) is 0 Å². The standard InChI is InChI=1S/C4H6NOS.Ag/c1-4(6)5-2-3-7;/h2,7H,1H3,(H,5,6);. The van der Waals surface area contributed by atoms with Crippen LogP contribution in [0.15, 0.2) is 9.32 Å². The van der Waals surface area contributed by atoms with Gasteiger partial charge < -0.3 is 0 Å². The summed E-state index contributed by atoms with van der Waals surface area (Å²) in [6, 6.07) is 0. The first-order chi connectivity index (χ1) is 3.63. The summed E-state index contributed by atoms with van der Waals surface area (Å²) < 4.78 is 0.602. The van der Waals surface area contributed by atoms with Crippen LogP contribution in [-0.4, -0.2) is 5.91 Å². The van der Waals surface area contributed by atoms with E-state index in [1.165, 1.54) is 13.1 Å². The van der Waals surface area contributed by atoms with Gasteiger partial charge in [-0.25, -0.2) is 0 Å². The number of nitrogens with one attached hydrogen (secondary N) is 1. The molecule has 0 saturated carbocycles. The molecule has 0 saturated heterocycles. The summed E-state index contributed by atoms with van der Waals surface area (Å²) in [7, 11) is 0. The molecule has 0 heterocycles. The molecule has 0 aliphatic heterocycles. The first-order valence-corrected chi connectivity index (χ1v) is 3.09. The van der Waals surface area contributed by atoms with Crippen LogP contribution >= 0.6 is 12.6 Å². The molecule has 0 aromatic carbocycles. The molecule has 0 bridgehead atoms. The summed E-state index contributed by atoms with van der Waals surface area (Å²) in [5, 5.41) is 2.42. The second-order valence-corrected chi connectivity index (χ2v) is 2.94. The second kappa shape index (κ2) is 4.21. The molecule has 1 N–H and O–H groups in total. The number of rotatable bonds is 1. The Labute approximate surface area is 66.0 Å². The first kappa shape index (κ1) is 8.30. The van der Waals surface area contributed by atoms with Crippen molar-refractivity contribution < 1.29 is 25.9 Å². The molecule has 0 fully saturated rings. The van der Waals surface area contributed by atoms with Crippen molar-refractivity contribution in [1.82, 2.24) is 5.32 Å². The quantitative estimate of drug-likeness (QED) is 0.489. The number of amides is 1. The Morgan fingerprint density at radius 3 is 2.50 bits per heavy atom. The van der Waals surface area contributed by atoms with Gasteiger partial charge in [0.2, 0.25) is 0 Å². The zero-order valence-corrected chi connectivity index (χ0v) is 6.61. The van der Waals surface area contributed by atoms with Crippen molar-refractivity contribution in [2.75, 3.05) is 0 Å². The van der Waals surface area contributed by atoms with Crippen LogP contribution in [0, 0.1) is 0 Å². The van der Waals surface area contributed by atoms with E-state index in [4.69, 9.17) is 0 Å². The van der Waals surface area contributed by atoms with Gasteiger partial charge in [0.05, 0.1) is 0 Å². The van der Waals surface area contributed by atoms with Gasteiger partial charge in [-0.1, -0.05) is 0 Å². The Kier molecular flexibility index (Phi) is 4.36. The molecule has 0 atom stereocenters. The minimum absolute atomic E-state index is 0.101. The first-order valence-electron chi connectivity index (χ1n) is 1.91. The van der Waals surface area contributed by atoms with Crippen LogP contribution in [0.25, 0.3) is 0 Å². The van der Waals surface area contributed by atoms with Gasteiger partial charge >= 0.3 is 66.0 Å². The Morgan fingerprint density at radius 1 is 1.88 bits per heavy atom. The third-order valence-electron chi connectivity index (χ3n) is 0.384. The average molecular weight is 224 g/mol. The van der Waals surface area contributed by atoms with Crippen molar-refractivity contribution in [2.45, 2.75) is 6.92 Å². The molecule has 2 nitrogen and oxygen atoms in total. The van der Waals surface area contributed by atoms with E-state index in [2.05, 4.69) is 39.0 Å². The molecule has 0 aromatic rings. The molecule has 0 rings (SSSR count). The summed E-state index contributed by atoms with van der Waals surface area (Å²) in [5.74, 6) is -0.101. The minimum atomic E-state index is -0.101. The van der Waals surface area contributed by atoms with E-state index in [0.717, 1.165) is 0 Å². The van der Waals surface area contributed by atoms with Gasteiger partial charge in [-0.2, -0.15) is 0 Å². The van der Waals surface area contributed by atoms with E-state index in [-0.39, 0.29) is 5.91 Å². The number of carbonyl (C=O) groups is 1. The molecule has 0 radical (unpaired) electrons. The molecule has 0 aliphatic carbocycles. The van der Waals surface area contributed by atoms with E-state index in [9.17, 15) is 4.79 Å². The summed E-state index contributed by atoms with van der Waals surface area (Å²) in [6.07, 6.45) is 1.46. The topological polar surface area (TPSA) is 29.1 Å². The van der Waals surface area contributed by atoms with Crippen molar-refractivity contribution in [1.29, 1.82) is 0 Å². The maximum absolute atomic E-state index is 10.1. The van der Waals surface area contributed by atoms with Crippen molar-refractivity contribution in [2.24, 2.45) is 0 Å². The van der Waals surface area contributed by atoms with Crippen LogP contribution in [0.4, 0.5) is 0 Å². The molecule has 50 valence electrons. The molecule has 8 heavy (non-hydrogen) atoms. The zero-order chi connectivity index (χ0) is 6.57. The fraction of sp³-hybridized carbons (Fsp3) is 0.250. The van der Waals surface area contributed by atoms with E-state index in [1.54, 1.807) is 0 Å². The van der Waals surface area contributed by atoms with Crippen molar-refractivity contribution in [3.05, 3.63) is 9.32 Å². The SMILES string of the molecule is CC(=O)N/C=[C](/S)[Ag]. The van der Waals surface area contributed by atoms with Crippen LogP contribution in [0.1, 0.15) is 6.92 Å². The normalized spacial score (nSPS) is 11.2. The average Bonchev–Trinajstić information content (AvgIpc) is 1.61. The zero-order valence-electron chi connectivity index (χ0n) is 4.23. The molecule has 1 amide bonds. The molecule has 0 aliphatic rings. The van der Waals surface area contributed by atoms with E-state index < -0.39 is 0 Å². The fourth-order valence-electron chi connectivity index (χ4n) is 0.156. The number of thiol groups is 1. The van der Waals surface area contributed by atoms with Crippen molar-refractivity contribution in [3.8, 4) is 0 Å². The molecular formula is C4H6AgNOS. The molecule has 0 spiro atoms. The fourth-order valence-corrected chi connectivity index (χ4v) is 0.327. The Morgan fingerprint density at radius 2 is 2.38 bits per heavy atom. The molecule has 0 unspecified atom stereocenters. The van der Waals surface area contributed by atoms with Crippen molar-refractivity contribution in [3.63, 3.8) is 0 Å². The van der Waals surface area contributed by atoms with E-state index in [0.29, 0.717) is 3.12 Å². The Hall–Kier alpha value is 0.300. The second-order valence-electron chi connectivity index (χ2n) is 1.13. The van der Waals surface area contributed by atoms with Gasteiger partial charge in [-0.15, -0.1) is 0 Å². The number of hydrogen-bond donors (Lipinski definition) is 2. The summed E-state index contributed by atoms with van der Waals surface area (Å²) in [6.45, 7) is 1.43. The summed E-state index contributed by atoms with van der Waals surface area (Å²) in [5.41, 5.74) is 0. The van der Waals surface area contributed by atoms with Crippen molar-refractivity contribution >= 4 is 18.5 Å². The monoisotopic (exact) mass is 223 g/mol. The van der Waals surface area contributed by atoms with Gasteiger partial charge in [0.15, 0.2) is 0 Å². The summed E-state index contributed by atoms with van der Waals surface area (Å²) in [4.78, 5) is 10.1. The van der Waals surface area contributed by atoms with Gasteiger partial charge in [0.25, 0.3) is 0 Å². The van der Waals surface area contributed by atoms with Crippen LogP contribution < -0.4 is 5.32 Å². The van der Waals surface area contributed by atoms with Gasteiger partial charge in [0.1, 0.15) is 0 Å². The summed E-state index contributed by atoms with van der Waals surface area (Å²) >= 11 is 6.86. The third-order valence-corrected chi connectivity index (χ3v) is 0.727. The number of hydrogen-bond acceptors (Lipinski definition) is 2. The predicted molar refractivity (Wildman–Crippen MR) is 30.9 cm³/mol. The number of carbonyl (C=O) groups excluding carboxylic acids is 1. The molecule has 4 heteroatoms. The maximum atomic E-state index is 10.1. The predicted octanol–water partition coefficient (Wildman–Crippen LogP) is 0.398. The van der Waals surface area contributed by atoms with E-state index in [1.807, 2.05) is 0 Å². The Bertz CT molecular complexity index is 119. The Balaban J connectivity index is 3.45. The van der Waals surface area contributed by atoms with Crippen LogP contribution in [-0.2, 0) is 25.9 Å². The van der Waals surface area contributed by atoms with Crippen LogP contribution in [0.2, 0.25) is 0 Å². The van der Waals surface area contributed by atoms with Gasteiger partial charge in [-0.3, -0.25) is 0 Å². The van der Waals surface area contributed by atoms with Gasteiger partial charge in [-0.05, 0) is 0 Å². The van der Waals surface area contributed by atoms with E-state index >= 15 is 0 Å². The van der Waals surface area contributed by atoms with Crippen LogP contribution in [0.5, 0.6) is 0 Å².